The lowest BCUT2D eigenvalue weighted by Crippen LogP contribution is -2.54. The normalized spacial score (nSPS) is 21.8. The maximum atomic E-state index is 11.7. The number of piperazine rings is 1. The number of ether oxygens (including phenoxy) is 1. The smallest absolute Gasteiger partial charge is 0.224 e. The van der Waals surface area contributed by atoms with Gasteiger partial charge in [-0.25, -0.2) is 18.4 Å². The Morgan fingerprint density at radius 3 is 2.50 bits per heavy atom. The Morgan fingerprint density at radius 1 is 1.13 bits per heavy atom. The summed E-state index contributed by atoms with van der Waals surface area (Å²) in [5.41, 5.74) is 1.07. The van der Waals surface area contributed by atoms with E-state index in [1.54, 1.807) is 0 Å². The first kappa shape index (κ1) is 21.3. The van der Waals surface area contributed by atoms with Gasteiger partial charge in [0, 0.05) is 38.4 Å². The molecule has 0 aliphatic carbocycles. The van der Waals surface area contributed by atoms with Crippen LogP contribution in [0, 0.1) is 0 Å². The monoisotopic (exact) mass is 434 g/mol. The van der Waals surface area contributed by atoms with Crippen LogP contribution in [0.2, 0.25) is 0 Å². The number of β-amino-alcohol motifs (C(OH)–C–C–N with tert-alkyl or cyclic N) is 1. The highest BCUT2D eigenvalue weighted by Gasteiger charge is 2.37. The summed E-state index contributed by atoms with van der Waals surface area (Å²) in [5.74, 6) is 0.775. The predicted molar refractivity (Wildman–Crippen MR) is 117 cm³/mol. The molecule has 2 aromatic rings. The number of aromatic nitrogens is 2. The molecule has 0 amide bonds. The second kappa shape index (κ2) is 8.28. The average molecular weight is 435 g/mol. The zero-order chi connectivity index (χ0) is 21.4. The SMILES string of the molecule is CC(C)Oc1ncnc2ccc(N3CCN(CC4(O)CCS(=O)(=O)CC4)CC3)cc12. The van der Waals surface area contributed by atoms with E-state index in [1.807, 2.05) is 19.9 Å². The molecule has 2 saturated heterocycles. The topological polar surface area (TPSA) is 95.9 Å². The van der Waals surface area contributed by atoms with Crippen molar-refractivity contribution in [2.75, 3.05) is 49.1 Å². The first-order valence-electron chi connectivity index (χ1n) is 10.5. The third kappa shape index (κ3) is 4.84. The number of hydrogen-bond donors (Lipinski definition) is 1. The van der Waals surface area contributed by atoms with Crippen molar-refractivity contribution in [1.29, 1.82) is 0 Å². The molecule has 8 nitrogen and oxygen atoms in total. The van der Waals surface area contributed by atoms with E-state index >= 15 is 0 Å². The lowest BCUT2D eigenvalue weighted by Gasteiger charge is -2.41. The van der Waals surface area contributed by atoms with Crippen molar-refractivity contribution in [2.45, 2.75) is 38.4 Å². The van der Waals surface area contributed by atoms with Crippen molar-refractivity contribution < 1.29 is 18.3 Å². The largest absolute Gasteiger partial charge is 0.474 e. The Hall–Kier alpha value is -1.97. The predicted octanol–water partition coefficient (Wildman–Crippen LogP) is 1.48. The van der Waals surface area contributed by atoms with Gasteiger partial charge in [0.25, 0.3) is 0 Å². The molecule has 0 spiro atoms. The highest BCUT2D eigenvalue weighted by atomic mass is 32.2. The lowest BCUT2D eigenvalue weighted by molar-refractivity contribution is -0.00606. The van der Waals surface area contributed by atoms with E-state index in [1.165, 1.54) is 6.33 Å². The highest BCUT2D eigenvalue weighted by molar-refractivity contribution is 7.91. The minimum atomic E-state index is -2.98. The van der Waals surface area contributed by atoms with Crippen molar-refractivity contribution in [1.82, 2.24) is 14.9 Å². The number of aliphatic hydroxyl groups is 1. The third-order valence-corrected chi connectivity index (χ3v) is 7.59. The van der Waals surface area contributed by atoms with Crippen LogP contribution in [0.3, 0.4) is 0 Å². The number of benzene rings is 1. The number of anilines is 1. The Labute approximate surface area is 177 Å². The molecule has 164 valence electrons. The van der Waals surface area contributed by atoms with Crippen molar-refractivity contribution >= 4 is 26.4 Å². The zero-order valence-electron chi connectivity index (χ0n) is 17.6. The van der Waals surface area contributed by atoms with Crippen molar-refractivity contribution in [3.05, 3.63) is 24.5 Å². The van der Waals surface area contributed by atoms with E-state index in [0.717, 1.165) is 42.8 Å². The molecule has 9 heteroatoms. The van der Waals surface area contributed by atoms with Gasteiger partial charge in [-0.05, 0) is 44.9 Å². The van der Waals surface area contributed by atoms with Crippen LogP contribution >= 0.6 is 0 Å². The minimum Gasteiger partial charge on any atom is -0.474 e. The maximum Gasteiger partial charge on any atom is 0.224 e. The average Bonchev–Trinajstić information content (AvgIpc) is 2.71. The first-order valence-corrected chi connectivity index (χ1v) is 12.4. The van der Waals surface area contributed by atoms with Gasteiger partial charge < -0.3 is 14.7 Å². The van der Waals surface area contributed by atoms with Crippen LogP contribution in [-0.2, 0) is 9.84 Å². The molecule has 2 aliphatic heterocycles. The fraction of sp³-hybridized carbons (Fsp3) is 0.619. The van der Waals surface area contributed by atoms with Crippen LogP contribution in [0.4, 0.5) is 5.69 Å². The van der Waals surface area contributed by atoms with Gasteiger partial charge in [0.1, 0.15) is 6.33 Å². The van der Waals surface area contributed by atoms with Gasteiger partial charge in [-0.3, -0.25) is 4.90 Å². The van der Waals surface area contributed by atoms with Gasteiger partial charge >= 0.3 is 0 Å². The molecule has 1 N–H and O–H groups in total. The Balaban J connectivity index is 1.41. The second-order valence-corrected chi connectivity index (χ2v) is 11.0. The third-order valence-electron chi connectivity index (χ3n) is 5.94. The van der Waals surface area contributed by atoms with Crippen LogP contribution in [0.5, 0.6) is 5.88 Å². The quantitative estimate of drug-likeness (QED) is 0.756. The van der Waals surface area contributed by atoms with E-state index < -0.39 is 15.4 Å². The van der Waals surface area contributed by atoms with E-state index in [0.29, 0.717) is 25.3 Å². The minimum absolute atomic E-state index is 0.0379. The Kier molecular flexibility index (Phi) is 5.87. The van der Waals surface area contributed by atoms with Crippen molar-refractivity contribution in [2.24, 2.45) is 0 Å². The molecule has 1 aromatic heterocycles. The molecule has 30 heavy (non-hydrogen) atoms. The summed E-state index contributed by atoms with van der Waals surface area (Å²) < 4.78 is 29.2. The van der Waals surface area contributed by atoms with Crippen LogP contribution in [0.1, 0.15) is 26.7 Å². The van der Waals surface area contributed by atoms with Crippen molar-refractivity contribution in [3.8, 4) is 5.88 Å². The molecule has 0 radical (unpaired) electrons. The molecule has 1 aromatic carbocycles. The first-order chi connectivity index (χ1) is 14.2. The lowest BCUT2D eigenvalue weighted by atomic mass is 9.96. The van der Waals surface area contributed by atoms with Crippen LogP contribution in [0.15, 0.2) is 24.5 Å². The van der Waals surface area contributed by atoms with Gasteiger partial charge in [-0.15, -0.1) is 0 Å². The molecular formula is C21H30N4O4S. The van der Waals surface area contributed by atoms with Crippen LogP contribution < -0.4 is 9.64 Å². The number of fused-ring (bicyclic) bond motifs is 1. The molecule has 2 aliphatic rings. The molecule has 4 rings (SSSR count). The summed E-state index contributed by atoms with van der Waals surface area (Å²) in [4.78, 5) is 13.2. The van der Waals surface area contributed by atoms with E-state index in [4.69, 9.17) is 4.74 Å². The molecule has 0 atom stereocenters. The van der Waals surface area contributed by atoms with Gasteiger partial charge in [0.15, 0.2) is 9.84 Å². The van der Waals surface area contributed by atoms with Gasteiger partial charge in [0.2, 0.25) is 5.88 Å². The van der Waals surface area contributed by atoms with E-state index in [9.17, 15) is 13.5 Å². The summed E-state index contributed by atoms with van der Waals surface area (Å²) in [6, 6.07) is 6.16. The molecular weight excluding hydrogens is 404 g/mol. The van der Waals surface area contributed by atoms with E-state index in [-0.39, 0.29) is 17.6 Å². The summed E-state index contributed by atoms with van der Waals surface area (Å²) in [5, 5.41) is 11.7. The van der Waals surface area contributed by atoms with Gasteiger partial charge in [-0.2, -0.15) is 0 Å². The number of nitrogens with zero attached hydrogens (tertiary/aromatic N) is 4. The van der Waals surface area contributed by atoms with E-state index in [2.05, 4.69) is 31.9 Å². The molecule has 0 saturated carbocycles. The maximum absolute atomic E-state index is 11.7. The van der Waals surface area contributed by atoms with Gasteiger partial charge in [0.05, 0.1) is 34.1 Å². The van der Waals surface area contributed by atoms with Crippen molar-refractivity contribution in [3.63, 3.8) is 0 Å². The molecule has 3 heterocycles. The second-order valence-electron chi connectivity index (χ2n) is 8.69. The standard InChI is InChI=1S/C21H30N4O4S/c1-16(2)29-20-18-13-17(3-4-19(18)22-15-23-20)25-9-7-24(8-10-25)14-21(26)5-11-30(27,28)12-6-21/h3-4,13,15-16,26H,5-12,14H2,1-2H3. The summed E-state index contributed by atoms with van der Waals surface area (Å²) >= 11 is 0. The number of rotatable bonds is 5. The molecule has 0 bridgehead atoms. The summed E-state index contributed by atoms with van der Waals surface area (Å²) in [7, 11) is -2.98. The highest BCUT2D eigenvalue weighted by Crippen LogP contribution is 2.29. The Bertz CT molecular complexity index is 989. The number of sulfone groups is 1. The van der Waals surface area contributed by atoms with Crippen LogP contribution in [0.25, 0.3) is 10.9 Å². The Morgan fingerprint density at radius 2 is 1.83 bits per heavy atom. The summed E-state index contributed by atoms with van der Waals surface area (Å²) in [6.07, 6.45) is 2.23. The van der Waals surface area contributed by atoms with Gasteiger partial charge in [-0.1, -0.05) is 0 Å². The zero-order valence-corrected chi connectivity index (χ0v) is 18.4. The van der Waals surface area contributed by atoms with Crippen LogP contribution in [-0.4, -0.2) is 84.3 Å². The summed E-state index contributed by atoms with van der Waals surface area (Å²) in [6.45, 7) is 7.83. The fourth-order valence-corrected chi connectivity index (χ4v) is 5.78. The molecule has 0 unspecified atom stereocenters. The fourth-order valence-electron chi connectivity index (χ4n) is 4.19. The number of hydrogen-bond acceptors (Lipinski definition) is 8. The molecule has 2 fully saturated rings.